The zero-order valence-corrected chi connectivity index (χ0v) is 22.7. The summed E-state index contributed by atoms with van der Waals surface area (Å²) in [5.41, 5.74) is 16.0. The maximum atomic E-state index is 13.0. The first-order valence-corrected chi connectivity index (χ1v) is 12.5. The molecule has 0 aromatic rings. The molecule has 16 heteroatoms. The van der Waals surface area contributed by atoms with E-state index in [-0.39, 0.29) is 25.2 Å². The number of aliphatic hydroxyl groups excluding tert-OH is 1. The highest BCUT2D eigenvalue weighted by atomic mass is 16.3. The lowest BCUT2D eigenvalue weighted by molar-refractivity contribution is -0.135. The molecule has 0 aliphatic rings. The third-order valence-corrected chi connectivity index (χ3v) is 5.58. The van der Waals surface area contributed by atoms with Crippen LogP contribution >= 0.6 is 0 Å². The number of carbonyl (C=O) groups excluding carboxylic acids is 6. The average Bonchev–Trinajstić information content (AvgIpc) is 2.84. The van der Waals surface area contributed by atoms with E-state index in [0.29, 0.717) is 13.0 Å². The summed E-state index contributed by atoms with van der Waals surface area (Å²) in [7, 11) is 0. The van der Waals surface area contributed by atoms with E-state index < -0.39 is 71.8 Å². The van der Waals surface area contributed by atoms with Gasteiger partial charge in [0.1, 0.15) is 24.2 Å². The fraction of sp³-hybridized carbons (Fsp3) is 0.696. The molecule has 0 bridgehead atoms. The van der Waals surface area contributed by atoms with Crippen LogP contribution in [0.3, 0.4) is 0 Å². The van der Waals surface area contributed by atoms with Crippen molar-refractivity contribution in [2.75, 3.05) is 6.54 Å². The minimum atomic E-state index is -1.30. The van der Waals surface area contributed by atoms with Gasteiger partial charge in [-0.05, 0) is 39.0 Å². The molecule has 0 unspecified atom stereocenters. The number of hydrogen-bond donors (Lipinski definition) is 10. The molecule has 13 N–H and O–H groups in total. The van der Waals surface area contributed by atoms with Crippen LogP contribution in [0.1, 0.15) is 53.4 Å². The molecule has 6 atom stereocenters. The van der Waals surface area contributed by atoms with E-state index in [0.717, 1.165) is 0 Å². The lowest BCUT2D eigenvalue weighted by Crippen LogP contribution is -2.59. The fourth-order valence-corrected chi connectivity index (χ4v) is 3.19. The second kappa shape index (κ2) is 17.7. The highest BCUT2D eigenvalue weighted by Gasteiger charge is 2.32. The number of aliphatic hydroxyl groups is 1. The van der Waals surface area contributed by atoms with Crippen LogP contribution in [0.25, 0.3) is 0 Å². The van der Waals surface area contributed by atoms with Gasteiger partial charge in [-0.15, -0.1) is 0 Å². The summed E-state index contributed by atoms with van der Waals surface area (Å²) in [6.45, 7) is 6.25. The summed E-state index contributed by atoms with van der Waals surface area (Å²) in [5.74, 6) is -4.44. The normalized spacial score (nSPS) is 15.5. The van der Waals surface area contributed by atoms with Gasteiger partial charge in [-0.3, -0.25) is 34.2 Å². The van der Waals surface area contributed by atoms with Crippen LogP contribution in [-0.2, 0) is 28.8 Å². The number of carbonyl (C=O) groups is 5. The molecule has 0 saturated carbocycles. The lowest BCUT2D eigenvalue weighted by Gasteiger charge is -2.27. The zero-order valence-electron chi connectivity index (χ0n) is 22.7. The average molecular weight is 557 g/mol. The predicted molar refractivity (Wildman–Crippen MR) is 141 cm³/mol. The molecule has 0 saturated heterocycles. The van der Waals surface area contributed by atoms with Crippen LogP contribution in [0, 0.1) is 11.3 Å². The molecule has 16 nitrogen and oxygen atoms in total. The van der Waals surface area contributed by atoms with E-state index in [2.05, 4.69) is 26.6 Å². The maximum absolute atomic E-state index is 13.0. The van der Waals surface area contributed by atoms with E-state index in [4.69, 9.17) is 22.6 Å². The van der Waals surface area contributed by atoms with E-state index in [1.807, 2.05) is 0 Å². The molecule has 0 aliphatic carbocycles. The van der Waals surface area contributed by atoms with Crippen molar-refractivity contribution >= 4 is 41.8 Å². The topological polar surface area (TPSA) is 285 Å². The van der Waals surface area contributed by atoms with Crippen molar-refractivity contribution in [2.24, 2.45) is 23.1 Å². The number of hydrogen-bond acceptors (Lipinski definition) is 9. The first kappa shape index (κ1) is 35.2. The van der Waals surface area contributed by atoms with Gasteiger partial charge in [0.2, 0.25) is 35.8 Å². The summed E-state index contributed by atoms with van der Waals surface area (Å²) in [6, 6.07) is -5.82. The minimum absolute atomic E-state index is 0.193. The number of amides is 5. The van der Waals surface area contributed by atoms with Crippen molar-refractivity contribution in [1.29, 1.82) is 5.41 Å². The second-order valence-corrected chi connectivity index (χ2v) is 9.45. The molecule has 39 heavy (non-hydrogen) atoms. The minimum Gasteiger partial charge on any atom is -0.391 e. The molecule has 0 aliphatic heterocycles. The van der Waals surface area contributed by atoms with Crippen molar-refractivity contribution in [3.05, 3.63) is 0 Å². The Hall–Kier alpha value is -3.79. The third kappa shape index (κ3) is 14.1. The molecule has 0 aromatic carbocycles. The summed E-state index contributed by atoms with van der Waals surface area (Å²) < 4.78 is 0. The standard InChI is InChI=1S/C23H42N9O7/c1-11(2)18(32-21(38)17(25)13(4)34)22(39)31-15(7-8-16(24)35)20(37)29-12(3)19(36)30-14(10-33)6-5-9-28-23(26)27/h11-15,17-18,34H,5-9,25H2,1-4H3,(H2,24,35)(H,29,37)(H,30,36)(H,31,39)(H,32,38)(H4,26,27,28)/t12-,13+,14-,15-,17-,18-/m0/s1. The van der Waals surface area contributed by atoms with E-state index in [1.54, 1.807) is 20.1 Å². The van der Waals surface area contributed by atoms with Gasteiger partial charge in [0.25, 0.3) is 0 Å². The van der Waals surface area contributed by atoms with Gasteiger partial charge in [0, 0.05) is 13.0 Å². The molecular weight excluding hydrogens is 514 g/mol. The second-order valence-electron chi connectivity index (χ2n) is 9.45. The zero-order chi connectivity index (χ0) is 30.3. The first-order valence-electron chi connectivity index (χ1n) is 12.5. The predicted octanol–water partition coefficient (Wildman–Crippen LogP) is -4.05. The number of nitrogens with two attached hydrogens (primary N) is 3. The molecule has 5 amide bonds. The highest BCUT2D eigenvalue weighted by molar-refractivity contribution is 5.95. The highest BCUT2D eigenvalue weighted by Crippen LogP contribution is 2.06. The Kier molecular flexibility index (Phi) is 16.0. The quantitative estimate of drug-likeness (QED) is 0.0443. The Labute approximate surface area is 227 Å². The molecular formula is C23H42N9O7. The van der Waals surface area contributed by atoms with Crippen molar-refractivity contribution in [3.63, 3.8) is 0 Å². The maximum Gasteiger partial charge on any atom is 0.243 e. The van der Waals surface area contributed by atoms with E-state index in [9.17, 15) is 33.9 Å². The molecule has 0 heterocycles. The van der Waals surface area contributed by atoms with Gasteiger partial charge < -0.3 is 48.9 Å². The van der Waals surface area contributed by atoms with Gasteiger partial charge >= 0.3 is 0 Å². The van der Waals surface area contributed by atoms with Crippen LogP contribution in [0.15, 0.2) is 0 Å². The molecule has 1 radical (unpaired) electrons. The van der Waals surface area contributed by atoms with Crippen LogP contribution < -0.4 is 43.8 Å². The van der Waals surface area contributed by atoms with Gasteiger partial charge in [-0.25, -0.2) is 0 Å². The Balaban J connectivity index is 5.34. The molecule has 0 rings (SSSR count). The Bertz CT molecular complexity index is 882. The van der Waals surface area contributed by atoms with Gasteiger partial charge in [0.15, 0.2) is 5.96 Å². The summed E-state index contributed by atoms with van der Waals surface area (Å²) in [5, 5.41) is 28.9. The van der Waals surface area contributed by atoms with Gasteiger partial charge in [-0.2, -0.15) is 0 Å². The van der Waals surface area contributed by atoms with Crippen molar-refractivity contribution in [3.8, 4) is 0 Å². The van der Waals surface area contributed by atoms with Crippen LogP contribution in [0.2, 0.25) is 0 Å². The lowest BCUT2D eigenvalue weighted by atomic mass is 10.0. The van der Waals surface area contributed by atoms with Gasteiger partial charge in [0.05, 0.1) is 12.1 Å². The van der Waals surface area contributed by atoms with Crippen LogP contribution in [0.5, 0.6) is 0 Å². The molecule has 221 valence electrons. The first-order chi connectivity index (χ1) is 18.1. The van der Waals surface area contributed by atoms with Crippen LogP contribution in [-0.4, -0.2) is 89.7 Å². The Morgan fingerprint density at radius 3 is 1.97 bits per heavy atom. The SMILES string of the molecule is CC(C)[C@H](NC(=O)[C@@H](N)[C@@H](C)O)C(=O)N[C@@H](CCC(N)=O)C(=O)N[C@@H](C)C(=O)N[C@H]([C]=O)CCCNC(=N)N. The van der Waals surface area contributed by atoms with Gasteiger partial charge in [-0.1, -0.05) is 13.8 Å². The largest absolute Gasteiger partial charge is 0.391 e. The molecule has 0 aromatic heterocycles. The Morgan fingerprint density at radius 1 is 0.872 bits per heavy atom. The van der Waals surface area contributed by atoms with E-state index in [1.165, 1.54) is 13.8 Å². The number of primary amides is 1. The van der Waals surface area contributed by atoms with Crippen molar-refractivity contribution in [1.82, 2.24) is 26.6 Å². The fourth-order valence-electron chi connectivity index (χ4n) is 3.19. The monoisotopic (exact) mass is 556 g/mol. The Morgan fingerprint density at radius 2 is 1.49 bits per heavy atom. The number of nitrogens with one attached hydrogen (secondary N) is 6. The molecule has 0 spiro atoms. The third-order valence-electron chi connectivity index (χ3n) is 5.58. The van der Waals surface area contributed by atoms with E-state index >= 15 is 0 Å². The van der Waals surface area contributed by atoms with Crippen molar-refractivity contribution in [2.45, 2.75) is 89.7 Å². The summed E-state index contributed by atoms with van der Waals surface area (Å²) in [4.78, 5) is 73.2. The number of guanidine groups is 1. The molecule has 0 fully saturated rings. The smallest absolute Gasteiger partial charge is 0.243 e. The summed E-state index contributed by atoms with van der Waals surface area (Å²) in [6.07, 6.45) is 0.666. The van der Waals surface area contributed by atoms with Crippen LogP contribution in [0.4, 0.5) is 0 Å². The number of rotatable bonds is 18. The van der Waals surface area contributed by atoms with Crippen molar-refractivity contribution < 1.29 is 33.9 Å². The summed E-state index contributed by atoms with van der Waals surface area (Å²) >= 11 is 0.